The number of hydrogen-bond donors (Lipinski definition) is 1. The van der Waals surface area contributed by atoms with E-state index < -0.39 is 6.10 Å². The summed E-state index contributed by atoms with van der Waals surface area (Å²) in [5, 5.41) is 11.4. The van der Waals surface area contributed by atoms with Gasteiger partial charge in [-0.15, -0.1) is 0 Å². The normalized spacial score (nSPS) is 12.8. The van der Waals surface area contributed by atoms with Crippen LogP contribution in [-0.4, -0.2) is 22.2 Å². The lowest BCUT2D eigenvalue weighted by Gasteiger charge is -2.11. The Kier molecular flexibility index (Phi) is 2.75. The number of nitrogens with zero attached hydrogens (tertiary/aromatic N) is 2. The van der Waals surface area contributed by atoms with Crippen molar-refractivity contribution in [3.8, 4) is 5.88 Å². The molecule has 1 N–H and O–H groups in total. The first-order valence-corrected chi connectivity index (χ1v) is 5.10. The fourth-order valence-electron chi connectivity index (χ4n) is 1.73. The molecule has 84 valence electrons. The highest BCUT2D eigenvalue weighted by molar-refractivity contribution is 5.89. The van der Waals surface area contributed by atoms with Gasteiger partial charge in [-0.2, -0.15) is 0 Å². The van der Waals surface area contributed by atoms with Crippen molar-refractivity contribution in [2.75, 3.05) is 7.11 Å². The van der Waals surface area contributed by atoms with Gasteiger partial charge in [0.1, 0.15) is 0 Å². The molecule has 4 heteroatoms. The summed E-state index contributed by atoms with van der Waals surface area (Å²) < 4.78 is 5.17. The predicted octanol–water partition coefficient (Wildman–Crippen LogP) is 2.00. The molecule has 0 saturated heterocycles. The Morgan fingerprint density at radius 2 is 2.00 bits per heavy atom. The van der Waals surface area contributed by atoms with Crippen molar-refractivity contribution in [1.82, 2.24) is 9.97 Å². The van der Waals surface area contributed by atoms with Crippen LogP contribution < -0.4 is 4.74 Å². The molecule has 16 heavy (non-hydrogen) atoms. The van der Waals surface area contributed by atoms with Gasteiger partial charge in [0.2, 0.25) is 5.88 Å². The fraction of sp³-hybridized carbons (Fsp3) is 0.333. The molecule has 1 unspecified atom stereocenters. The van der Waals surface area contributed by atoms with Crippen molar-refractivity contribution in [1.29, 1.82) is 0 Å². The molecule has 2 rings (SSSR count). The first kappa shape index (κ1) is 10.8. The predicted molar refractivity (Wildman–Crippen MR) is 61.5 cm³/mol. The third-order valence-electron chi connectivity index (χ3n) is 2.55. The second-order valence-electron chi connectivity index (χ2n) is 3.77. The number of rotatable bonds is 2. The first-order valence-electron chi connectivity index (χ1n) is 5.10. The molecule has 0 aliphatic rings. The van der Waals surface area contributed by atoms with Crippen LogP contribution in [0.5, 0.6) is 5.88 Å². The highest BCUT2D eigenvalue weighted by Crippen LogP contribution is 2.29. The van der Waals surface area contributed by atoms with Crippen LogP contribution in [0, 0.1) is 6.92 Å². The zero-order valence-electron chi connectivity index (χ0n) is 9.56. The Morgan fingerprint density at radius 1 is 1.25 bits per heavy atom. The molecule has 0 amide bonds. The minimum Gasteiger partial charge on any atom is -0.481 e. The second-order valence-corrected chi connectivity index (χ2v) is 3.77. The summed E-state index contributed by atoms with van der Waals surface area (Å²) in [7, 11) is 1.57. The van der Waals surface area contributed by atoms with E-state index in [0.717, 1.165) is 22.0 Å². The Labute approximate surface area is 93.9 Å². The topological polar surface area (TPSA) is 55.2 Å². The Bertz CT molecular complexity index is 524. The highest BCUT2D eigenvalue weighted by atomic mass is 16.5. The molecule has 0 spiro atoms. The summed E-state index contributed by atoms with van der Waals surface area (Å²) in [5.74, 6) is 0.534. The van der Waals surface area contributed by atoms with E-state index in [9.17, 15) is 5.11 Å². The van der Waals surface area contributed by atoms with E-state index in [-0.39, 0.29) is 0 Å². The third-order valence-corrected chi connectivity index (χ3v) is 2.55. The Morgan fingerprint density at radius 3 is 2.62 bits per heavy atom. The van der Waals surface area contributed by atoms with Crippen LogP contribution in [0.4, 0.5) is 0 Å². The van der Waals surface area contributed by atoms with Crippen LogP contribution in [-0.2, 0) is 0 Å². The van der Waals surface area contributed by atoms with Crippen molar-refractivity contribution in [2.45, 2.75) is 20.0 Å². The summed E-state index contributed by atoms with van der Waals surface area (Å²) >= 11 is 0. The van der Waals surface area contributed by atoms with Gasteiger partial charge in [0, 0.05) is 23.7 Å². The first-order chi connectivity index (χ1) is 7.63. The molecule has 0 aromatic carbocycles. The molecule has 2 aromatic rings. The van der Waals surface area contributed by atoms with Gasteiger partial charge in [-0.3, -0.25) is 4.98 Å². The zero-order valence-corrected chi connectivity index (χ0v) is 9.56. The SMILES string of the molecule is COc1ncc(C(C)O)c2cc(C)ncc12. The molecule has 0 saturated carbocycles. The number of pyridine rings is 2. The lowest BCUT2D eigenvalue weighted by Crippen LogP contribution is -1.98. The van der Waals surface area contributed by atoms with Crippen molar-refractivity contribution in [3.63, 3.8) is 0 Å². The second kappa shape index (κ2) is 4.06. The smallest absolute Gasteiger partial charge is 0.222 e. The van der Waals surface area contributed by atoms with Crippen molar-refractivity contribution >= 4 is 10.8 Å². The van der Waals surface area contributed by atoms with Crippen LogP contribution in [0.3, 0.4) is 0 Å². The van der Waals surface area contributed by atoms with Gasteiger partial charge < -0.3 is 9.84 Å². The lowest BCUT2D eigenvalue weighted by atomic mass is 10.1. The molecule has 0 aliphatic carbocycles. The van der Waals surface area contributed by atoms with Crippen molar-refractivity contribution < 1.29 is 9.84 Å². The quantitative estimate of drug-likeness (QED) is 0.837. The van der Waals surface area contributed by atoms with Gasteiger partial charge in [0.25, 0.3) is 0 Å². The van der Waals surface area contributed by atoms with Gasteiger partial charge in [-0.1, -0.05) is 0 Å². The fourth-order valence-corrected chi connectivity index (χ4v) is 1.73. The van der Waals surface area contributed by atoms with Crippen LogP contribution in [0.15, 0.2) is 18.5 Å². The number of fused-ring (bicyclic) bond motifs is 1. The average Bonchev–Trinajstić information content (AvgIpc) is 2.26. The summed E-state index contributed by atoms with van der Waals surface area (Å²) in [6, 6.07) is 1.93. The Balaban J connectivity index is 2.80. The number of aromatic nitrogens is 2. The number of aryl methyl sites for hydroxylation is 1. The van der Waals surface area contributed by atoms with Crippen molar-refractivity contribution in [3.05, 3.63) is 29.7 Å². The van der Waals surface area contributed by atoms with Gasteiger partial charge in [0.15, 0.2) is 0 Å². The molecule has 1 atom stereocenters. The average molecular weight is 218 g/mol. The maximum Gasteiger partial charge on any atom is 0.222 e. The summed E-state index contributed by atoms with van der Waals surface area (Å²) in [5.41, 5.74) is 1.70. The largest absolute Gasteiger partial charge is 0.481 e. The molecule has 2 aromatic heterocycles. The number of aliphatic hydroxyl groups is 1. The van der Waals surface area contributed by atoms with E-state index in [1.165, 1.54) is 0 Å². The third kappa shape index (κ3) is 1.72. The van der Waals surface area contributed by atoms with E-state index in [2.05, 4.69) is 9.97 Å². The molecular formula is C12H14N2O2. The van der Waals surface area contributed by atoms with Gasteiger partial charge >= 0.3 is 0 Å². The van der Waals surface area contributed by atoms with Crippen molar-refractivity contribution in [2.24, 2.45) is 0 Å². The monoisotopic (exact) mass is 218 g/mol. The maximum atomic E-state index is 9.67. The minimum absolute atomic E-state index is 0.534. The number of aliphatic hydroxyl groups excluding tert-OH is 1. The maximum absolute atomic E-state index is 9.67. The minimum atomic E-state index is -0.553. The van der Waals surface area contributed by atoms with Gasteiger partial charge in [-0.25, -0.2) is 4.98 Å². The number of methoxy groups -OCH3 is 1. The van der Waals surface area contributed by atoms with Crippen LogP contribution in [0.2, 0.25) is 0 Å². The number of ether oxygens (including phenoxy) is 1. The molecule has 2 heterocycles. The highest BCUT2D eigenvalue weighted by Gasteiger charge is 2.11. The van der Waals surface area contributed by atoms with E-state index in [1.54, 1.807) is 26.4 Å². The van der Waals surface area contributed by atoms with Gasteiger partial charge in [-0.05, 0) is 25.3 Å². The van der Waals surface area contributed by atoms with Gasteiger partial charge in [0.05, 0.1) is 18.6 Å². The summed E-state index contributed by atoms with van der Waals surface area (Å²) in [6.45, 7) is 3.64. The molecule has 0 fully saturated rings. The summed E-state index contributed by atoms with van der Waals surface area (Å²) in [4.78, 5) is 8.37. The zero-order chi connectivity index (χ0) is 11.7. The molecule has 0 aliphatic heterocycles. The van der Waals surface area contributed by atoms with E-state index in [1.807, 2.05) is 13.0 Å². The molecular weight excluding hydrogens is 204 g/mol. The van der Waals surface area contributed by atoms with Crippen LogP contribution in [0.1, 0.15) is 24.3 Å². The van der Waals surface area contributed by atoms with Crippen LogP contribution in [0.25, 0.3) is 10.8 Å². The summed E-state index contributed by atoms with van der Waals surface area (Å²) in [6.07, 6.45) is 2.82. The molecule has 0 radical (unpaired) electrons. The number of hydrogen-bond acceptors (Lipinski definition) is 4. The van der Waals surface area contributed by atoms with E-state index in [4.69, 9.17) is 4.74 Å². The Hall–Kier alpha value is -1.68. The molecule has 4 nitrogen and oxygen atoms in total. The van der Waals surface area contributed by atoms with E-state index in [0.29, 0.717) is 5.88 Å². The van der Waals surface area contributed by atoms with Crippen LogP contribution >= 0.6 is 0 Å². The molecule has 0 bridgehead atoms. The standard InChI is InChI=1S/C12H14N2O2/c1-7-4-9-10(8(2)15)5-14-12(16-3)11(9)6-13-7/h4-6,8,15H,1-3H3. The van der Waals surface area contributed by atoms with E-state index >= 15 is 0 Å². The lowest BCUT2D eigenvalue weighted by molar-refractivity contribution is 0.200.